The zero-order chi connectivity index (χ0) is 23.2. The van der Waals surface area contributed by atoms with E-state index in [1.54, 1.807) is 43.4 Å². The third-order valence-corrected chi connectivity index (χ3v) is 6.35. The molecule has 1 aromatic heterocycles. The number of methoxy groups -OCH3 is 2. The lowest BCUT2D eigenvalue weighted by molar-refractivity contribution is 0.259. The number of benzene rings is 2. The fourth-order valence-electron chi connectivity index (χ4n) is 3.56. The summed E-state index contributed by atoms with van der Waals surface area (Å²) in [6.07, 6.45) is 3.82. The van der Waals surface area contributed by atoms with Crippen LogP contribution in [0.25, 0.3) is 11.3 Å². The lowest BCUT2D eigenvalue weighted by atomic mass is 10.1. The molecular weight excluding hydrogens is 460 g/mol. The first-order valence-corrected chi connectivity index (χ1v) is 11.9. The number of aliphatic imine (C=N–C) groups is 1. The molecule has 0 saturated heterocycles. The van der Waals surface area contributed by atoms with Gasteiger partial charge in [-0.1, -0.05) is 18.0 Å². The smallest absolute Gasteiger partial charge is 0.333 e. The van der Waals surface area contributed by atoms with E-state index < -0.39 is 0 Å². The van der Waals surface area contributed by atoms with Gasteiger partial charge in [-0.2, -0.15) is 0 Å². The monoisotopic (exact) mass is 484 g/mol. The highest BCUT2D eigenvalue weighted by molar-refractivity contribution is 7.14. The Morgan fingerprint density at radius 2 is 1.85 bits per heavy atom. The Bertz CT molecular complexity index is 1150. The molecule has 172 valence electrons. The third kappa shape index (κ3) is 5.46. The van der Waals surface area contributed by atoms with Crippen LogP contribution in [0.5, 0.6) is 11.5 Å². The van der Waals surface area contributed by atoms with Gasteiger partial charge in [0.25, 0.3) is 0 Å². The van der Waals surface area contributed by atoms with Crippen molar-refractivity contribution < 1.29 is 14.3 Å². The maximum Gasteiger partial charge on any atom is 0.333 e. The summed E-state index contributed by atoms with van der Waals surface area (Å²) in [6.45, 7) is 0.702. The molecule has 9 heteroatoms. The minimum absolute atomic E-state index is 0.300. The van der Waals surface area contributed by atoms with Crippen LogP contribution in [0.3, 0.4) is 0 Å². The second-order valence-electron chi connectivity index (χ2n) is 7.47. The van der Waals surface area contributed by atoms with E-state index in [2.05, 4.69) is 5.32 Å². The number of nitrogens with zero attached hydrogens (tertiary/aromatic N) is 3. The lowest BCUT2D eigenvalue weighted by Gasteiger charge is -2.22. The van der Waals surface area contributed by atoms with E-state index in [0.717, 1.165) is 42.8 Å². The standard InChI is InChI=1S/C24H25ClN4O3S/c1-31-20-12-7-16(14-21(20)32-2)19-15-33-24(28-19)29(22-6-4-3-5-13-26-22)23(30)27-18-10-8-17(25)9-11-18/h7-12,14-15H,3-6,13H2,1-2H3,(H,27,30). The number of carbonyl (C=O) groups excluding carboxylic acids is 1. The second kappa shape index (κ2) is 10.7. The average molecular weight is 485 g/mol. The van der Waals surface area contributed by atoms with Crippen LogP contribution in [0.1, 0.15) is 25.7 Å². The summed E-state index contributed by atoms with van der Waals surface area (Å²) >= 11 is 7.38. The van der Waals surface area contributed by atoms with Gasteiger partial charge in [-0.25, -0.2) is 14.7 Å². The van der Waals surface area contributed by atoms with Crippen LogP contribution in [0.4, 0.5) is 15.6 Å². The van der Waals surface area contributed by atoms with Gasteiger partial charge in [-0.3, -0.25) is 4.99 Å². The number of nitrogens with one attached hydrogen (secondary N) is 1. The highest BCUT2D eigenvalue weighted by atomic mass is 35.5. The van der Waals surface area contributed by atoms with Crippen molar-refractivity contribution >= 4 is 45.6 Å². The molecule has 0 atom stereocenters. The first kappa shape index (κ1) is 23.1. The van der Waals surface area contributed by atoms with Gasteiger partial charge in [-0.15, -0.1) is 11.3 Å². The predicted molar refractivity (Wildman–Crippen MR) is 134 cm³/mol. The van der Waals surface area contributed by atoms with Gasteiger partial charge in [0.15, 0.2) is 16.6 Å². The van der Waals surface area contributed by atoms with E-state index in [9.17, 15) is 4.79 Å². The quantitative estimate of drug-likeness (QED) is 0.449. The molecule has 0 fully saturated rings. The topological polar surface area (TPSA) is 76.0 Å². The van der Waals surface area contributed by atoms with E-state index in [1.807, 2.05) is 23.6 Å². The molecule has 0 unspecified atom stereocenters. The normalized spacial score (nSPS) is 13.6. The van der Waals surface area contributed by atoms with Crippen molar-refractivity contribution in [2.45, 2.75) is 25.7 Å². The summed E-state index contributed by atoms with van der Waals surface area (Å²) in [5.74, 6) is 2.00. The van der Waals surface area contributed by atoms with Gasteiger partial charge in [0.2, 0.25) is 0 Å². The second-order valence-corrected chi connectivity index (χ2v) is 8.74. The molecule has 2 heterocycles. The first-order valence-electron chi connectivity index (χ1n) is 10.7. The molecule has 0 spiro atoms. The summed E-state index contributed by atoms with van der Waals surface area (Å²) < 4.78 is 10.8. The van der Waals surface area contributed by atoms with E-state index in [4.69, 9.17) is 31.1 Å². The summed E-state index contributed by atoms with van der Waals surface area (Å²) in [5, 5.41) is 6.04. The number of carbonyl (C=O) groups is 1. The average Bonchev–Trinajstić information content (AvgIpc) is 3.16. The maximum atomic E-state index is 13.4. The Morgan fingerprint density at radius 1 is 1.06 bits per heavy atom. The van der Waals surface area contributed by atoms with Crippen molar-refractivity contribution in [1.82, 2.24) is 4.98 Å². The van der Waals surface area contributed by atoms with Crippen molar-refractivity contribution in [3.63, 3.8) is 0 Å². The van der Waals surface area contributed by atoms with E-state index >= 15 is 0 Å². The maximum absolute atomic E-state index is 13.4. The van der Waals surface area contributed by atoms with Crippen molar-refractivity contribution in [1.29, 1.82) is 0 Å². The van der Waals surface area contributed by atoms with Crippen molar-refractivity contribution in [2.24, 2.45) is 4.99 Å². The molecule has 3 aromatic rings. The minimum Gasteiger partial charge on any atom is -0.493 e. The van der Waals surface area contributed by atoms with Gasteiger partial charge in [0.05, 0.1) is 19.9 Å². The highest BCUT2D eigenvalue weighted by Crippen LogP contribution is 2.35. The van der Waals surface area contributed by atoms with Crippen molar-refractivity contribution in [3.05, 3.63) is 52.9 Å². The Morgan fingerprint density at radius 3 is 2.61 bits per heavy atom. The number of hydrogen-bond acceptors (Lipinski definition) is 6. The molecular formula is C24H25ClN4O3S. The number of urea groups is 1. The minimum atomic E-state index is -0.300. The molecule has 4 rings (SSSR count). The molecule has 2 aromatic carbocycles. The van der Waals surface area contributed by atoms with Crippen LogP contribution >= 0.6 is 22.9 Å². The number of amides is 2. The van der Waals surface area contributed by atoms with E-state index in [0.29, 0.717) is 33.9 Å². The summed E-state index contributed by atoms with van der Waals surface area (Å²) in [4.78, 5) is 24.4. The Balaban J connectivity index is 1.66. The number of anilines is 2. The van der Waals surface area contributed by atoms with Crippen LogP contribution in [0.2, 0.25) is 5.02 Å². The van der Waals surface area contributed by atoms with Crippen molar-refractivity contribution in [3.8, 4) is 22.8 Å². The number of thiazole rings is 1. The van der Waals surface area contributed by atoms with Gasteiger partial charge < -0.3 is 14.8 Å². The number of amidine groups is 1. The van der Waals surface area contributed by atoms with Crippen LogP contribution in [0.15, 0.2) is 52.8 Å². The van der Waals surface area contributed by atoms with E-state index in [-0.39, 0.29) is 6.03 Å². The molecule has 1 N–H and O–H groups in total. The van der Waals surface area contributed by atoms with E-state index in [1.165, 1.54) is 11.3 Å². The fraction of sp³-hybridized carbons (Fsp3) is 0.292. The summed E-state index contributed by atoms with van der Waals surface area (Å²) in [6, 6.07) is 12.3. The van der Waals surface area contributed by atoms with Crippen LogP contribution in [0, 0.1) is 0 Å². The third-order valence-electron chi connectivity index (χ3n) is 5.27. The van der Waals surface area contributed by atoms with Gasteiger partial charge >= 0.3 is 6.03 Å². The largest absolute Gasteiger partial charge is 0.493 e. The predicted octanol–water partition coefficient (Wildman–Crippen LogP) is 6.49. The summed E-state index contributed by atoms with van der Waals surface area (Å²) in [5.41, 5.74) is 2.27. The number of halogens is 1. The number of rotatable bonds is 5. The Hall–Kier alpha value is -3.10. The van der Waals surface area contributed by atoms with Crippen molar-refractivity contribution in [2.75, 3.05) is 31.0 Å². The molecule has 0 saturated carbocycles. The highest BCUT2D eigenvalue weighted by Gasteiger charge is 2.26. The molecule has 2 amide bonds. The Labute approximate surface area is 202 Å². The number of ether oxygens (including phenoxy) is 2. The molecule has 1 aliphatic rings. The van der Waals surface area contributed by atoms with Gasteiger partial charge in [0, 0.05) is 34.6 Å². The Kier molecular flexibility index (Phi) is 7.47. The zero-order valence-electron chi connectivity index (χ0n) is 18.5. The van der Waals surface area contributed by atoms with Gasteiger partial charge in [-0.05, 0) is 55.3 Å². The number of aromatic nitrogens is 1. The SMILES string of the molecule is COc1ccc(-c2csc(N(C(=O)Nc3ccc(Cl)cc3)C3=NCCCCC3)n2)cc1OC. The van der Waals surface area contributed by atoms with Crippen LogP contribution < -0.4 is 19.7 Å². The molecule has 0 bridgehead atoms. The number of hydrogen-bond donors (Lipinski definition) is 1. The molecule has 0 aliphatic carbocycles. The zero-order valence-corrected chi connectivity index (χ0v) is 20.1. The fourth-order valence-corrected chi connectivity index (χ4v) is 4.54. The molecule has 7 nitrogen and oxygen atoms in total. The van der Waals surface area contributed by atoms with Crippen LogP contribution in [-0.2, 0) is 0 Å². The van der Waals surface area contributed by atoms with Gasteiger partial charge in [0.1, 0.15) is 5.84 Å². The summed E-state index contributed by atoms with van der Waals surface area (Å²) in [7, 11) is 3.20. The van der Waals surface area contributed by atoms with Crippen LogP contribution in [-0.4, -0.2) is 37.6 Å². The first-order chi connectivity index (χ1) is 16.1. The molecule has 1 aliphatic heterocycles. The molecule has 33 heavy (non-hydrogen) atoms. The lowest BCUT2D eigenvalue weighted by Crippen LogP contribution is -2.40. The molecule has 0 radical (unpaired) electrons.